The summed E-state index contributed by atoms with van der Waals surface area (Å²) in [6.07, 6.45) is 4.85. The molecule has 7 heteroatoms. The van der Waals surface area contributed by atoms with E-state index in [1.165, 1.54) is 6.20 Å². The quantitative estimate of drug-likeness (QED) is 0.454. The van der Waals surface area contributed by atoms with E-state index in [1.54, 1.807) is 24.5 Å². The number of nitrogens with one attached hydrogen (secondary N) is 2. The van der Waals surface area contributed by atoms with Gasteiger partial charge >= 0.3 is 0 Å². The van der Waals surface area contributed by atoms with Crippen molar-refractivity contribution < 1.29 is 9.21 Å². The average molecular weight is 395 g/mol. The SMILES string of the molecule is Cc1ccc2nc(-c3cn[nH]c3-c3cccc(NC(=O)c4cccnc4)c3)oc2c1. The Morgan fingerprint density at radius 3 is 2.87 bits per heavy atom. The first-order valence-electron chi connectivity index (χ1n) is 9.40. The van der Waals surface area contributed by atoms with Crippen molar-refractivity contribution in [1.82, 2.24) is 20.2 Å². The molecule has 0 saturated heterocycles. The van der Waals surface area contributed by atoms with Crippen LogP contribution in [-0.2, 0) is 0 Å². The summed E-state index contributed by atoms with van der Waals surface area (Å²) in [5.74, 6) is 0.267. The number of H-pyrrole nitrogens is 1. The number of aromatic amines is 1. The predicted molar refractivity (Wildman–Crippen MR) is 114 cm³/mol. The fraction of sp³-hybridized carbons (Fsp3) is 0.0435. The number of aromatic nitrogens is 4. The van der Waals surface area contributed by atoms with Crippen molar-refractivity contribution >= 4 is 22.7 Å². The van der Waals surface area contributed by atoms with Gasteiger partial charge in [-0.15, -0.1) is 0 Å². The highest BCUT2D eigenvalue weighted by Gasteiger charge is 2.16. The molecule has 2 aromatic carbocycles. The van der Waals surface area contributed by atoms with Gasteiger partial charge in [0.15, 0.2) is 5.58 Å². The molecule has 146 valence electrons. The number of rotatable bonds is 4. The molecular formula is C23H17N5O2. The van der Waals surface area contributed by atoms with E-state index in [0.29, 0.717) is 17.1 Å². The van der Waals surface area contributed by atoms with E-state index >= 15 is 0 Å². The molecule has 3 heterocycles. The van der Waals surface area contributed by atoms with Crippen LogP contribution >= 0.6 is 0 Å². The molecule has 0 fully saturated rings. The fourth-order valence-corrected chi connectivity index (χ4v) is 3.27. The van der Waals surface area contributed by atoms with Crippen molar-refractivity contribution in [3.63, 3.8) is 0 Å². The second-order valence-corrected chi connectivity index (χ2v) is 6.93. The van der Waals surface area contributed by atoms with Crippen molar-refractivity contribution in [2.75, 3.05) is 5.32 Å². The number of amides is 1. The van der Waals surface area contributed by atoms with Crippen LogP contribution < -0.4 is 5.32 Å². The first-order chi connectivity index (χ1) is 14.7. The van der Waals surface area contributed by atoms with Crippen LogP contribution in [-0.4, -0.2) is 26.1 Å². The van der Waals surface area contributed by atoms with E-state index in [4.69, 9.17) is 4.42 Å². The van der Waals surface area contributed by atoms with Gasteiger partial charge in [0.2, 0.25) is 5.89 Å². The van der Waals surface area contributed by atoms with E-state index in [2.05, 4.69) is 25.5 Å². The Hall–Kier alpha value is -4.26. The zero-order valence-corrected chi connectivity index (χ0v) is 16.1. The minimum atomic E-state index is -0.223. The Kier molecular flexibility index (Phi) is 4.33. The van der Waals surface area contributed by atoms with Crippen molar-refractivity contribution in [2.24, 2.45) is 0 Å². The first kappa shape index (κ1) is 17.8. The van der Waals surface area contributed by atoms with E-state index in [0.717, 1.165) is 33.5 Å². The molecule has 0 bridgehead atoms. The molecule has 3 aromatic heterocycles. The van der Waals surface area contributed by atoms with Gasteiger partial charge in [0.1, 0.15) is 5.52 Å². The maximum atomic E-state index is 12.4. The number of carbonyl (C=O) groups is 1. The zero-order valence-electron chi connectivity index (χ0n) is 16.1. The summed E-state index contributed by atoms with van der Waals surface area (Å²) in [6.45, 7) is 2.01. The molecule has 5 rings (SSSR count). The molecule has 1 amide bonds. The molecule has 0 aliphatic carbocycles. The van der Waals surface area contributed by atoms with Gasteiger partial charge in [-0.25, -0.2) is 4.98 Å². The van der Waals surface area contributed by atoms with Crippen LogP contribution in [0.25, 0.3) is 33.8 Å². The van der Waals surface area contributed by atoms with Gasteiger partial charge in [-0.1, -0.05) is 18.2 Å². The van der Waals surface area contributed by atoms with Gasteiger partial charge in [0.05, 0.1) is 23.0 Å². The highest BCUT2D eigenvalue weighted by molar-refractivity contribution is 6.04. The van der Waals surface area contributed by atoms with Crippen LogP contribution in [0.15, 0.2) is 77.6 Å². The maximum Gasteiger partial charge on any atom is 0.257 e. The number of pyridine rings is 1. The summed E-state index contributed by atoms with van der Waals surface area (Å²) >= 11 is 0. The molecule has 2 N–H and O–H groups in total. The highest BCUT2D eigenvalue weighted by atomic mass is 16.3. The molecule has 0 aliphatic heterocycles. The normalized spacial score (nSPS) is 11.0. The van der Waals surface area contributed by atoms with Crippen LogP contribution in [0.3, 0.4) is 0 Å². The van der Waals surface area contributed by atoms with Gasteiger partial charge in [0, 0.05) is 23.6 Å². The molecule has 7 nitrogen and oxygen atoms in total. The summed E-state index contributed by atoms with van der Waals surface area (Å²) < 4.78 is 5.96. The Labute approximate surface area is 171 Å². The van der Waals surface area contributed by atoms with Crippen LogP contribution in [0.5, 0.6) is 0 Å². The summed E-state index contributed by atoms with van der Waals surface area (Å²) in [4.78, 5) is 21.0. The minimum Gasteiger partial charge on any atom is -0.436 e. The Morgan fingerprint density at radius 2 is 2.00 bits per heavy atom. The monoisotopic (exact) mass is 395 g/mol. The van der Waals surface area contributed by atoms with Crippen LogP contribution in [0.2, 0.25) is 0 Å². The molecule has 30 heavy (non-hydrogen) atoms. The molecule has 5 aromatic rings. The molecule has 0 spiro atoms. The second-order valence-electron chi connectivity index (χ2n) is 6.93. The number of nitrogens with zero attached hydrogens (tertiary/aromatic N) is 3. The lowest BCUT2D eigenvalue weighted by molar-refractivity contribution is 0.102. The van der Waals surface area contributed by atoms with E-state index in [-0.39, 0.29) is 5.91 Å². The zero-order chi connectivity index (χ0) is 20.5. The number of aryl methyl sites for hydroxylation is 1. The summed E-state index contributed by atoms with van der Waals surface area (Å²) in [6, 6.07) is 16.8. The molecule has 0 atom stereocenters. The van der Waals surface area contributed by atoms with Crippen molar-refractivity contribution in [2.45, 2.75) is 6.92 Å². The van der Waals surface area contributed by atoms with Crippen molar-refractivity contribution in [1.29, 1.82) is 0 Å². The topological polar surface area (TPSA) is 96.7 Å². The third kappa shape index (κ3) is 3.33. The Morgan fingerprint density at radius 1 is 1.07 bits per heavy atom. The fourth-order valence-electron chi connectivity index (χ4n) is 3.27. The van der Waals surface area contributed by atoms with Gasteiger partial charge in [-0.3, -0.25) is 14.9 Å². The van der Waals surface area contributed by atoms with Gasteiger partial charge in [-0.05, 0) is 48.9 Å². The summed E-state index contributed by atoms with van der Waals surface area (Å²) in [5, 5.41) is 10.1. The van der Waals surface area contributed by atoms with E-state index in [9.17, 15) is 4.79 Å². The number of carbonyl (C=O) groups excluding carboxylic acids is 1. The lowest BCUT2D eigenvalue weighted by Gasteiger charge is -2.07. The van der Waals surface area contributed by atoms with Crippen molar-refractivity contribution in [3.05, 3.63) is 84.3 Å². The molecule has 0 saturated carbocycles. The summed E-state index contributed by atoms with van der Waals surface area (Å²) in [7, 11) is 0. The Balaban J connectivity index is 1.48. The number of anilines is 1. The molecule has 0 aliphatic rings. The third-order valence-electron chi connectivity index (χ3n) is 4.75. The minimum absolute atomic E-state index is 0.223. The largest absolute Gasteiger partial charge is 0.436 e. The van der Waals surface area contributed by atoms with Gasteiger partial charge < -0.3 is 9.73 Å². The number of benzene rings is 2. The van der Waals surface area contributed by atoms with Gasteiger partial charge in [0.25, 0.3) is 5.91 Å². The van der Waals surface area contributed by atoms with Crippen LogP contribution in [0.4, 0.5) is 5.69 Å². The Bertz CT molecular complexity index is 1350. The van der Waals surface area contributed by atoms with Crippen molar-refractivity contribution in [3.8, 4) is 22.7 Å². The molecule has 0 unspecified atom stereocenters. The predicted octanol–water partition coefficient (Wildman–Crippen LogP) is 4.84. The van der Waals surface area contributed by atoms with E-state index in [1.807, 2.05) is 49.4 Å². The molecular weight excluding hydrogens is 378 g/mol. The first-order valence-corrected chi connectivity index (χ1v) is 9.40. The standard InChI is InChI=1S/C23H17N5O2/c1-14-7-8-19-20(10-14)30-23(27-19)18-13-25-28-21(18)15-4-2-6-17(11-15)26-22(29)16-5-3-9-24-12-16/h2-13H,1H3,(H,25,28)(H,26,29). The van der Waals surface area contributed by atoms with Gasteiger partial charge in [-0.2, -0.15) is 5.10 Å². The third-order valence-corrected chi connectivity index (χ3v) is 4.75. The van der Waals surface area contributed by atoms with E-state index < -0.39 is 0 Å². The smallest absolute Gasteiger partial charge is 0.257 e. The number of fused-ring (bicyclic) bond motifs is 1. The van der Waals surface area contributed by atoms with Crippen LogP contribution in [0, 0.1) is 6.92 Å². The number of oxazole rings is 1. The second kappa shape index (κ2) is 7.29. The number of hydrogen-bond acceptors (Lipinski definition) is 5. The number of hydrogen-bond donors (Lipinski definition) is 2. The maximum absolute atomic E-state index is 12.4. The molecule has 0 radical (unpaired) electrons. The van der Waals surface area contributed by atoms with Crippen LogP contribution in [0.1, 0.15) is 15.9 Å². The average Bonchev–Trinajstić information content (AvgIpc) is 3.41. The lowest BCUT2D eigenvalue weighted by atomic mass is 10.1. The summed E-state index contributed by atoms with van der Waals surface area (Å²) in [5.41, 5.74) is 6.15. The lowest BCUT2D eigenvalue weighted by Crippen LogP contribution is -2.11. The highest BCUT2D eigenvalue weighted by Crippen LogP contribution is 2.33.